The smallest absolute Gasteiger partial charge is 0.242 e. The zero-order chi connectivity index (χ0) is 15.0. The lowest BCUT2D eigenvalue weighted by molar-refractivity contribution is -0.128. The Morgan fingerprint density at radius 2 is 2.15 bits per heavy atom. The van der Waals surface area contributed by atoms with Gasteiger partial charge in [-0.1, -0.05) is 6.07 Å². The van der Waals surface area contributed by atoms with E-state index in [1.165, 1.54) is 0 Å². The normalized spacial score (nSPS) is 11.5. The molecule has 0 heterocycles. The van der Waals surface area contributed by atoms with Gasteiger partial charge in [0, 0.05) is 18.3 Å². The van der Waals surface area contributed by atoms with Crippen molar-refractivity contribution < 1.29 is 14.3 Å². The van der Waals surface area contributed by atoms with Crippen molar-refractivity contribution in [3.63, 3.8) is 0 Å². The van der Waals surface area contributed by atoms with Crippen molar-refractivity contribution in [2.75, 3.05) is 18.9 Å². The lowest BCUT2D eigenvalue weighted by atomic mass is 10.3. The van der Waals surface area contributed by atoms with Crippen molar-refractivity contribution in [3.05, 3.63) is 24.3 Å². The van der Waals surface area contributed by atoms with Crippen LogP contribution in [-0.4, -0.2) is 31.0 Å². The lowest BCUT2D eigenvalue weighted by Gasteiger charge is -2.13. The maximum Gasteiger partial charge on any atom is 0.242 e. The summed E-state index contributed by atoms with van der Waals surface area (Å²) in [7, 11) is 0. The molecule has 2 amide bonds. The minimum Gasteiger partial charge on any atom is -0.493 e. The minimum absolute atomic E-state index is 0.179. The first kappa shape index (κ1) is 15.8. The summed E-state index contributed by atoms with van der Waals surface area (Å²) in [4.78, 5) is 23.1. The lowest BCUT2D eigenvalue weighted by Crippen LogP contribution is -2.45. The van der Waals surface area contributed by atoms with Crippen molar-refractivity contribution in [3.8, 4) is 5.75 Å². The van der Waals surface area contributed by atoms with Crippen LogP contribution >= 0.6 is 0 Å². The molecule has 0 saturated carbocycles. The molecule has 0 saturated heterocycles. The van der Waals surface area contributed by atoms with Crippen LogP contribution in [0.1, 0.15) is 20.3 Å². The molecule has 0 aliphatic carbocycles. The van der Waals surface area contributed by atoms with Crippen LogP contribution in [0.2, 0.25) is 0 Å². The number of nitrogens with two attached hydrogens (primary N) is 1. The highest BCUT2D eigenvalue weighted by atomic mass is 16.5. The molecule has 0 spiro atoms. The van der Waals surface area contributed by atoms with E-state index >= 15 is 0 Å². The van der Waals surface area contributed by atoms with Crippen LogP contribution in [0, 0.1) is 0 Å². The average molecular weight is 279 g/mol. The number of amides is 2. The molecular formula is C14H21N3O3. The molecule has 1 aromatic carbocycles. The van der Waals surface area contributed by atoms with Gasteiger partial charge < -0.3 is 21.1 Å². The second-order valence-corrected chi connectivity index (χ2v) is 4.35. The molecule has 0 radical (unpaired) electrons. The molecule has 1 atom stereocenters. The molecule has 1 rings (SSSR count). The summed E-state index contributed by atoms with van der Waals surface area (Å²) in [5.74, 6) is 0.194. The zero-order valence-electron chi connectivity index (χ0n) is 11.8. The van der Waals surface area contributed by atoms with Gasteiger partial charge in [-0.15, -0.1) is 0 Å². The van der Waals surface area contributed by atoms with Gasteiger partial charge in [0.25, 0.3) is 0 Å². The van der Waals surface area contributed by atoms with Crippen LogP contribution < -0.4 is 21.1 Å². The number of hydrogen-bond acceptors (Lipinski definition) is 4. The topological polar surface area (TPSA) is 93.5 Å². The number of nitrogens with one attached hydrogen (secondary N) is 2. The van der Waals surface area contributed by atoms with Gasteiger partial charge in [0.2, 0.25) is 11.8 Å². The summed E-state index contributed by atoms with van der Waals surface area (Å²) in [6.07, 6.45) is 0.179. The fraction of sp³-hybridized carbons (Fsp3) is 0.429. The molecule has 110 valence electrons. The van der Waals surface area contributed by atoms with E-state index in [0.717, 1.165) is 0 Å². The van der Waals surface area contributed by atoms with Gasteiger partial charge in [0.05, 0.1) is 13.0 Å². The predicted octanol–water partition coefficient (Wildman–Crippen LogP) is 0.678. The number of hydrogen-bond donors (Lipinski definition) is 3. The van der Waals surface area contributed by atoms with Crippen LogP contribution in [0.15, 0.2) is 24.3 Å². The number of likely N-dealkylation sites (N-methyl/N-ethyl adjacent to an activating group) is 1. The van der Waals surface area contributed by atoms with Crippen molar-refractivity contribution in [2.24, 2.45) is 0 Å². The highest BCUT2D eigenvalue weighted by molar-refractivity contribution is 5.87. The van der Waals surface area contributed by atoms with Crippen molar-refractivity contribution in [1.82, 2.24) is 10.6 Å². The first-order valence-electron chi connectivity index (χ1n) is 6.58. The number of rotatable bonds is 7. The standard InChI is InChI=1S/C14H21N3O3/c1-3-16-14(19)10(2)17-13(18)7-8-20-12-6-4-5-11(15)9-12/h4-6,9-10H,3,7-8,15H2,1-2H3,(H,16,19)(H,17,18). The third-order valence-electron chi connectivity index (χ3n) is 2.58. The quantitative estimate of drug-likeness (QED) is 0.640. The Hall–Kier alpha value is -2.24. The fourth-order valence-corrected chi connectivity index (χ4v) is 1.57. The molecule has 20 heavy (non-hydrogen) atoms. The van der Waals surface area contributed by atoms with Crippen LogP contribution in [0.4, 0.5) is 5.69 Å². The number of nitrogen functional groups attached to an aromatic ring is 1. The van der Waals surface area contributed by atoms with E-state index in [9.17, 15) is 9.59 Å². The Morgan fingerprint density at radius 1 is 1.40 bits per heavy atom. The first-order valence-corrected chi connectivity index (χ1v) is 6.58. The van der Waals surface area contributed by atoms with Gasteiger partial charge in [-0.3, -0.25) is 9.59 Å². The van der Waals surface area contributed by atoms with Gasteiger partial charge in [0.1, 0.15) is 11.8 Å². The molecule has 0 aliphatic rings. The molecular weight excluding hydrogens is 258 g/mol. The maximum atomic E-state index is 11.6. The fourth-order valence-electron chi connectivity index (χ4n) is 1.57. The van der Waals surface area contributed by atoms with Gasteiger partial charge in [-0.25, -0.2) is 0 Å². The van der Waals surface area contributed by atoms with Crippen LogP contribution in [0.3, 0.4) is 0 Å². The average Bonchev–Trinajstić information content (AvgIpc) is 2.39. The minimum atomic E-state index is -0.546. The van der Waals surface area contributed by atoms with E-state index in [0.29, 0.717) is 18.0 Å². The largest absolute Gasteiger partial charge is 0.493 e. The Morgan fingerprint density at radius 3 is 2.80 bits per heavy atom. The monoisotopic (exact) mass is 279 g/mol. The number of anilines is 1. The molecule has 1 unspecified atom stereocenters. The van der Waals surface area contributed by atoms with Crippen molar-refractivity contribution in [2.45, 2.75) is 26.3 Å². The molecule has 0 fully saturated rings. The highest BCUT2D eigenvalue weighted by Crippen LogP contribution is 2.14. The summed E-state index contributed by atoms with van der Waals surface area (Å²) in [6.45, 7) is 4.24. The molecule has 0 aliphatic heterocycles. The second kappa shape index (κ2) is 8.04. The molecule has 0 bridgehead atoms. The van der Waals surface area contributed by atoms with Gasteiger partial charge in [0.15, 0.2) is 0 Å². The van der Waals surface area contributed by atoms with Crippen LogP contribution in [0.5, 0.6) is 5.75 Å². The van der Waals surface area contributed by atoms with E-state index in [1.54, 1.807) is 31.2 Å². The Labute approximate surface area is 118 Å². The molecule has 1 aromatic rings. The Kier molecular flexibility index (Phi) is 6.36. The Bertz CT molecular complexity index is 463. The van der Waals surface area contributed by atoms with Gasteiger partial charge in [-0.05, 0) is 26.0 Å². The molecule has 6 nitrogen and oxygen atoms in total. The zero-order valence-corrected chi connectivity index (χ0v) is 11.8. The molecule has 4 N–H and O–H groups in total. The second-order valence-electron chi connectivity index (χ2n) is 4.35. The molecule has 6 heteroatoms. The van der Waals surface area contributed by atoms with Gasteiger partial charge in [-0.2, -0.15) is 0 Å². The number of carbonyl (C=O) groups is 2. The third kappa shape index (κ3) is 5.60. The summed E-state index contributed by atoms with van der Waals surface area (Å²) in [5, 5.41) is 5.25. The first-order chi connectivity index (χ1) is 9.52. The number of ether oxygens (including phenoxy) is 1. The van der Waals surface area contributed by atoms with Crippen molar-refractivity contribution >= 4 is 17.5 Å². The van der Waals surface area contributed by atoms with E-state index in [4.69, 9.17) is 10.5 Å². The highest BCUT2D eigenvalue weighted by Gasteiger charge is 2.14. The van der Waals surface area contributed by atoms with Crippen LogP contribution in [0.25, 0.3) is 0 Å². The summed E-state index contributed by atoms with van der Waals surface area (Å²) < 4.78 is 5.41. The predicted molar refractivity (Wildman–Crippen MR) is 77.3 cm³/mol. The SMILES string of the molecule is CCNC(=O)C(C)NC(=O)CCOc1cccc(N)c1. The summed E-state index contributed by atoms with van der Waals surface area (Å²) >= 11 is 0. The molecule has 0 aromatic heterocycles. The van der Waals surface area contributed by atoms with E-state index in [2.05, 4.69) is 10.6 Å². The van der Waals surface area contributed by atoms with E-state index in [1.807, 2.05) is 6.92 Å². The van der Waals surface area contributed by atoms with Crippen molar-refractivity contribution in [1.29, 1.82) is 0 Å². The third-order valence-corrected chi connectivity index (χ3v) is 2.58. The van der Waals surface area contributed by atoms with Gasteiger partial charge >= 0.3 is 0 Å². The number of benzene rings is 1. The maximum absolute atomic E-state index is 11.6. The summed E-state index contributed by atoms with van der Waals surface area (Å²) in [6, 6.07) is 6.45. The number of carbonyl (C=O) groups excluding carboxylic acids is 2. The van der Waals surface area contributed by atoms with Crippen LogP contribution in [-0.2, 0) is 9.59 Å². The summed E-state index contributed by atoms with van der Waals surface area (Å²) in [5.41, 5.74) is 6.22. The van der Waals surface area contributed by atoms with E-state index in [-0.39, 0.29) is 24.8 Å². The Balaban J connectivity index is 2.28. The van der Waals surface area contributed by atoms with E-state index < -0.39 is 6.04 Å².